The number of nitriles is 1. The lowest BCUT2D eigenvalue weighted by molar-refractivity contribution is -0.144. The van der Waals surface area contributed by atoms with Crippen molar-refractivity contribution in [3.8, 4) is 6.07 Å². The van der Waals surface area contributed by atoms with E-state index in [9.17, 15) is 14.0 Å². The Hall–Kier alpha value is -3.24. The summed E-state index contributed by atoms with van der Waals surface area (Å²) in [5.41, 5.74) is 1.65. The lowest BCUT2D eigenvalue weighted by Gasteiger charge is -2.21. The Kier molecular flexibility index (Phi) is 8.12. The number of hydrogen-bond acceptors (Lipinski definition) is 5. The van der Waals surface area contributed by atoms with Crippen LogP contribution in [0.15, 0.2) is 48.5 Å². The first-order valence-corrected chi connectivity index (χ1v) is 8.93. The summed E-state index contributed by atoms with van der Waals surface area (Å²) in [6.45, 7) is 2.70. The zero-order valence-electron chi connectivity index (χ0n) is 15.7. The van der Waals surface area contributed by atoms with Gasteiger partial charge in [0, 0.05) is 19.5 Å². The van der Waals surface area contributed by atoms with E-state index in [-0.39, 0.29) is 37.3 Å². The molecule has 2 aromatic carbocycles. The SMILES string of the molecule is CCOC(=O)CN(CCC(=O)Nc1ccccc1C#N)Cc1ccc(F)cc1. The fourth-order valence-electron chi connectivity index (χ4n) is 2.61. The predicted molar refractivity (Wildman–Crippen MR) is 103 cm³/mol. The van der Waals surface area contributed by atoms with Gasteiger partial charge >= 0.3 is 5.97 Å². The number of carbonyl (C=O) groups excluding carboxylic acids is 2. The van der Waals surface area contributed by atoms with Gasteiger partial charge in [-0.2, -0.15) is 5.26 Å². The number of hydrogen-bond donors (Lipinski definition) is 1. The number of halogens is 1. The molecular formula is C21H22FN3O3. The fraction of sp³-hybridized carbons (Fsp3) is 0.286. The van der Waals surface area contributed by atoms with Crippen LogP contribution >= 0.6 is 0 Å². The second kappa shape index (κ2) is 10.8. The summed E-state index contributed by atoms with van der Waals surface area (Å²) >= 11 is 0. The number of nitrogens with one attached hydrogen (secondary N) is 1. The minimum absolute atomic E-state index is 0.0211. The molecule has 6 nitrogen and oxygen atoms in total. The number of para-hydroxylation sites is 1. The molecule has 0 aliphatic rings. The zero-order chi connectivity index (χ0) is 20.4. The van der Waals surface area contributed by atoms with Crippen LogP contribution in [0, 0.1) is 17.1 Å². The van der Waals surface area contributed by atoms with Crippen LogP contribution in [0.2, 0.25) is 0 Å². The molecule has 1 N–H and O–H groups in total. The van der Waals surface area contributed by atoms with Crippen molar-refractivity contribution in [1.82, 2.24) is 4.90 Å². The molecule has 28 heavy (non-hydrogen) atoms. The second-order valence-corrected chi connectivity index (χ2v) is 6.10. The molecule has 0 bridgehead atoms. The van der Waals surface area contributed by atoms with E-state index >= 15 is 0 Å². The first kappa shape index (κ1) is 21.1. The molecule has 0 spiro atoms. The Balaban J connectivity index is 1.98. The van der Waals surface area contributed by atoms with E-state index in [4.69, 9.17) is 10.00 Å². The molecule has 2 aromatic rings. The van der Waals surface area contributed by atoms with Crippen molar-refractivity contribution in [2.75, 3.05) is 25.0 Å². The first-order valence-electron chi connectivity index (χ1n) is 8.93. The number of rotatable bonds is 9. The summed E-state index contributed by atoms with van der Waals surface area (Å²) in [5.74, 6) is -0.994. The van der Waals surface area contributed by atoms with Gasteiger partial charge in [0.15, 0.2) is 0 Å². The van der Waals surface area contributed by atoms with Gasteiger partial charge in [0.05, 0.1) is 24.4 Å². The van der Waals surface area contributed by atoms with Crippen LogP contribution in [0.4, 0.5) is 10.1 Å². The highest BCUT2D eigenvalue weighted by molar-refractivity contribution is 5.92. The van der Waals surface area contributed by atoms with E-state index in [0.717, 1.165) is 5.56 Å². The Labute approximate surface area is 163 Å². The van der Waals surface area contributed by atoms with Crippen molar-refractivity contribution in [2.24, 2.45) is 0 Å². The van der Waals surface area contributed by atoms with Gasteiger partial charge < -0.3 is 10.1 Å². The normalized spacial score (nSPS) is 10.4. The van der Waals surface area contributed by atoms with Crippen LogP contribution in [0.3, 0.4) is 0 Å². The highest BCUT2D eigenvalue weighted by atomic mass is 19.1. The molecule has 0 radical (unpaired) electrons. The molecule has 146 valence electrons. The zero-order valence-corrected chi connectivity index (χ0v) is 15.7. The first-order chi connectivity index (χ1) is 13.5. The quantitative estimate of drug-likeness (QED) is 0.673. The second-order valence-electron chi connectivity index (χ2n) is 6.10. The van der Waals surface area contributed by atoms with E-state index < -0.39 is 0 Å². The Morgan fingerprint density at radius 3 is 2.57 bits per heavy atom. The van der Waals surface area contributed by atoms with Gasteiger partial charge in [-0.15, -0.1) is 0 Å². The summed E-state index contributed by atoms with van der Waals surface area (Å²) in [6.07, 6.45) is 0.125. The van der Waals surface area contributed by atoms with Crippen molar-refractivity contribution in [1.29, 1.82) is 5.26 Å². The molecule has 1 amide bonds. The molecule has 0 saturated heterocycles. The molecule has 0 aliphatic heterocycles. The topological polar surface area (TPSA) is 82.4 Å². The maximum absolute atomic E-state index is 13.1. The highest BCUT2D eigenvalue weighted by Gasteiger charge is 2.15. The average molecular weight is 383 g/mol. The van der Waals surface area contributed by atoms with E-state index in [1.807, 2.05) is 6.07 Å². The molecular weight excluding hydrogens is 361 g/mol. The third kappa shape index (κ3) is 6.82. The molecule has 0 aromatic heterocycles. The molecule has 0 saturated carbocycles. The Morgan fingerprint density at radius 2 is 1.89 bits per heavy atom. The lowest BCUT2D eigenvalue weighted by Crippen LogP contribution is -2.33. The summed E-state index contributed by atoms with van der Waals surface area (Å²) in [7, 11) is 0. The molecule has 0 aliphatic carbocycles. The Morgan fingerprint density at radius 1 is 1.18 bits per heavy atom. The minimum atomic E-state index is -0.389. The van der Waals surface area contributed by atoms with E-state index in [2.05, 4.69) is 5.32 Å². The smallest absolute Gasteiger partial charge is 0.320 e. The molecule has 7 heteroatoms. The third-order valence-corrected chi connectivity index (χ3v) is 3.95. The van der Waals surface area contributed by atoms with Crippen molar-refractivity contribution < 1.29 is 18.7 Å². The van der Waals surface area contributed by atoms with Crippen molar-refractivity contribution in [3.63, 3.8) is 0 Å². The lowest BCUT2D eigenvalue weighted by atomic mass is 10.2. The van der Waals surface area contributed by atoms with Crippen molar-refractivity contribution in [3.05, 3.63) is 65.5 Å². The monoisotopic (exact) mass is 383 g/mol. The number of esters is 1. The predicted octanol–water partition coefficient (Wildman–Crippen LogP) is 3.09. The van der Waals surface area contributed by atoms with E-state index in [0.29, 0.717) is 24.3 Å². The molecule has 0 unspecified atom stereocenters. The van der Waals surface area contributed by atoms with Crippen LogP contribution in [-0.4, -0.2) is 36.5 Å². The molecule has 2 rings (SSSR count). The number of nitrogens with zero attached hydrogens (tertiary/aromatic N) is 2. The molecule has 0 atom stereocenters. The number of carbonyl (C=O) groups is 2. The van der Waals surface area contributed by atoms with Gasteiger partial charge in [-0.25, -0.2) is 4.39 Å². The number of ether oxygens (including phenoxy) is 1. The Bertz CT molecular complexity index is 847. The van der Waals surface area contributed by atoms with E-state index in [1.165, 1.54) is 12.1 Å². The number of anilines is 1. The van der Waals surface area contributed by atoms with Crippen molar-refractivity contribution in [2.45, 2.75) is 19.9 Å². The van der Waals surface area contributed by atoms with E-state index in [1.54, 1.807) is 48.2 Å². The molecule has 0 fully saturated rings. The van der Waals surface area contributed by atoms with Gasteiger partial charge in [0.2, 0.25) is 5.91 Å². The summed E-state index contributed by atoms with van der Waals surface area (Å²) in [4.78, 5) is 25.9. The van der Waals surface area contributed by atoms with Gasteiger partial charge in [-0.3, -0.25) is 14.5 Å². The van der Waals surface area contributed by atoms with Crippen LogP contribution in [-0.2, 0) is 20.9 Å². The van der Waals surface area contributed by atoms with Gasteiger partial charge in [-0.05, 0) is 36.8 Å². The average Bonchev–Trinajstić information content (AvgIpc) is 2.68. The maximum atomic E-state index is 13.1. The van der Waals surface area contributed by atoms with Gasteiger partial charge in [0.1, 0.15) is 11.9 Å². The van der Waals surface area contributed by atoms with Crippen LogP contribution in [0.5, 0.6) is 0 Å². The number of benzene rings is 2. The maximum Gasteiger partial charge on any atom is 0.320 e. The standard InChI is InChI=1S/C21H22FN3O3/c1-2-28-21(27)15-25(14-16-7-9-18(22)10-8-16)12-11-20(26)24-19-6-4-3-5-17(19)13-23/h3-10H,2,11-12,14-15H2,1H3,(H,24,26). The minimum Gasteiger partial charge on any atom is -0.465 e. The third-order valence-electron chi connectivity index (χ3n) is 3.95. The summed E-state index contributed by atoms with van der Waals surface area (Å²) in [6, 6.07) is 14.7. The van der Waals surface area contributed by atoms with Crippen LogP contribution in [0.1, 0.15) is 24.5 Å². The molecule has 0 heterocycles. The fourth-order valence-corrected chi connectivity index (χ4v) is 2.61. The van der Waals surface area contributed by atoms with Crippen LogP contribution < -0.4 is 5.32 Å². The summed E-state index contributed by atoms with van der Waals surface area (Å²) in [5, 5.41) is 11.8. The number of amides is 1. The largest absolute Gasteiger partial charge is 0.465 e. The van der Waals surface area contributed by atoms with Crippen molar-refractivity contribution >= 4 is 17.6 Å². The van der Waals surface area contributed by atoms with Gasteiger partial charge in [0.25, 0.3) is 0 Å². The highest BCUT2D eigenvalue weighted by Crippen LogP contribution is 2.14. The van der Waals surface area contributed by atoms with Gasteiger partial charge in [-0.1, -0.05) is 24.3 Å². The summed E-state index contributed by atoms with van der Waals surface area (Å²) < 4.78 is 18.1. The van der Waals surface area contributed by atoms with Crippen LogP contribution in [0.25, 0.3) is 0 Å².